The second kappa shape index (κ2) is 7.42. The summed E-state index contributed by atoms with van der Waals surface area (Å²) >= 11 is 0. The maximum absolute atomic E-state index is 13.1. The summed E-state index contributed by atoms with van der Waals surface area (Å²) in [6.45, 7) is 8.70. The Kier molecular flexibility index (Phi) is 4.94. The average molecular weight is 394 g/mol. The smallest absolute Gasteiger partial charge is 0.248 e. The Balaban J connectivity index is 1.53. The van der Waals surface area contributed by atoms with Crippen LogP contribution in [0.1, 0.15) is 58.3 Å². The van der Waals surface area contributed by atoms with E-state index in [1.807, 2.05) is 52.0 Å². The first-order chi connectivity index (χ1) is 13.8. The molecule has 0 radical (unpaired) electrons. The molecule has 1 aliphatic rings. The second-order valence-electron chi connectivity index (χ2n) is 8.50. The van der Waals surface area contributed by atoms with Crippen molar-refractivity contribution in [3.8, 4) is 0 Å². The van der Waals surface area contributed by atoms with Gasteiger partial charge in [0, 0.05) is 17.3 Å². The van der Waals surface area contributed by atoms with Crippen molar-refractivity contribution >= 4 is 22.6 Å². The maximum Gasteiger partial charge on any atom is 0.248 e. The van der Waals surface area contributed by atoms with E-state index in [0.29, 0.717) is 11.7 Å². The Bertz CT molecular complexity index is 1020. The molecule has 8 nitrogen and oxygen atoms in total. The Labute approximate surface area is 169 Å². The molecule has 2 atom stereocenters. The normalized spacial score (nSPS) is 18.2. The van der Waals surface area contributed by atoms with E-state index < -0.39 is 0 Å². The van der Waals surface area contributed by atoms with E-state index >= 15 is 0 Å². The number of para-hydroxylation sites is 1. The zero-order valence-corrected chi connectivity index (χ0v) is 17.2. The largest absolute Gasteiger partial charge is 0.344 e. The van der Waals surface area contributed by atoms with Crippen molar-refractivity contribution in [1.29, 1.82) is 0 Å². The Hall–Kier alpha value is -3.03. The van der Waals surface area contributed by atoms with Crippen molar-refractivity contribution in [1.82, 2.24) is 25.4 Å². The predicted molar refractivity (Wildman–Crippen MR) is 109 cm³/mol. The molecular formula is C21H26N6O2. The molecular weight excluding hydrogens is 368 g/mol. The van der Waals surface area contributed by atoms with Crippen molar-refractivity contribution in [3.05, 3.63) is 42.3 Å². The number of aromatic nitrogens is 4. The van der Waals surface area contributed by atoms with Crippen LogP contribution in [0.4, 0.5) is 5.82 Å². The number of fused-ring (bicyclic) bond motifs is 1. The number of benzene rings is 1. The van der Waals surface area contributed by atoms with Crippen molar-refractivity contribution in [2.24, 2.45) is 0 Å². The van der Waals surface area contributed by atoms with Crippen LogP contribution in [-0.4, -0.2) is 38.6 Å². The monoisotopic (exact) mass is 394 g/mol. The van der Waals surface area contributed by atoms with Crippen molar-refractivity contribution in [2.45, 2.75) is 58.0 Å². The Morgan fingerprint density at radius 1 is 1.28 bits per heavy atom. The van der Waals surface area contributed by atoms with Gasteiger partial charge in [-0.15, -0.1) is 0 Å². The minimum Gasteiger partial charge on any atom is -0.344 e. The van der Waals surface area contributed by atoms with Crippen LogP contribution in [0.5, 0.6) is 0 Å². The molecule has 1 saturated heterocycles. The standard InChI is InChI=1S/C21H26N6O2/c1-13(19-25-20(26-29-19)21(2,3)4)24-18(28)16-10-7-11-27(16)17-14-8-5-6-9-15(14)22-12-23-17/h5-6,8-9,12-13,16H,7,10-11H2,1-4H3,(H,24,28)/t13-,16+/m1/s1. The van der Waals surface area contributed by atoms with Crippen LogP contribution in [0.25, 0.3) is 10.9 Å². The molecule has 29 heavy (non-hydrogen) atoms. The molecule has 2 aromatic heterocycles. The summed E-state index contributed by atoms with van der Waals surface area (Å²) in [7, 11) is 0. The minimum atomic E-state index is -0.365. The van der Waals surface area contributed by atoms with Crippen molar-refractivity contribution < 1.29 is 9.32 Å². The van der Waals surface area contributed by atoms with Gasteiger partial charge in [0.2, 0.25) is 11.8 Å². The number of nitrogens with one attached hydrogen (secondary N) is 1. The summed E-state index contributed by atoms with van der Waals surface area (Å²) in [6.07, 6.45) is 3.26. The van der Waals surface area contributed by atoms with E-state index in [1.54, 1.807) is 6.33 Å². The van der Waals surface area contributed by atoms with Gasteiger partial charge in [-0.05, 0) is 31.9 Å². The summed E-state index contributed by atoms with van der Waals surface area (Å²) < 4.78 is 5.38. The highest BCUT2D eigenvalue weighted by Crippen LogP contribution is 2.30. The van der Waals surface area contributed by atoms with Gasteiger partial charge in [-0.25, -0.2) is 9.97 Å². The van der Waals surface area contributed by atoms with Gasteiger partial charge in [0.25, 0.3) is 0 Å². The fourth-order valence-electron chi connectivity index (χ4n) is 3.60. The van der Waals surface area contributed by atoms with Gasteiger partial charge >= 0.3 is 0 Å². The molecule has 1 fully saturated rings. The lowest BCUT2D eigenvalue weighted by atomic mass is 9.96. The van der Waals surface area contributed by atoms with Crippen LogP contribution in [0, 0.1) is 0 Å². The van der Waals surface area contributed by atoms with Crippen LogP contribution < -0.4 is 10.2 Å². The van der Waals surface area contributed by atoms with E-state index in [9.17, 15) is 4.79 Å². The Morgan fingerprint density at radius 3 is 2.83 bits per heavy atom. The molecule has 0 spiro atoms. The lowest BCUT2D eigenvalue weighted by Gasteiger charge is -2.26. The number of nitrogens with zero attached hydrogens (tertiary/aromatic N) is 5. The summed E-state index contributed by atoms with van der Waals surface area (Å²) in [5.41, 5.74) is 0.666. The first-order valence-electron chi connectivity index (χ1n) is 9.95. The van der Waals surface area contributed by atoms with E-state index in [1.165, 1.54) is 0 Å². The number of carbonyl (C=O) groups is 1. The fourth-order valence-corrected chi connectivity index (χ4v) is 3.60. The maximum atomic E-state index is 13.1. The first-order valence-corrected chi connectivity index (χ1v) is 9.95. The number of rotatable bonds is 4. The van der Waals surface area contributed by atoms with E-state index in [-0.39, 0.29) is 23.4 Å². The van der Waals surface area contributed by atoms with Gasteiger partial charge in [0.1, 0.15) is 24.2 Å². The average Bonchev–Trinajstić information content (AvgIpc) is 3.37. The molecule has 0 bridgehead atoms. The van der Waals surface area contributed by atoms with Gasteiger partial charge in [-0.3, -0.25) is 4.79 Å². The van der Waals surface area contributed by atoms with E-state index in [0.717, 1.165) is 36.1 Å². The summed E-state index contributed by atoms with van der Waals surface area (Å²) in [6, 6.07) is 7.20. The summed E-state index contributed by atoms with van der Waals surface area (Å²) in [4.78, 5) is 28.4. The van der Waals surface area contributed by atoms with Crippen molar-refractivity contribution in [2.75, 3.05) is 11.4 Å². The molecule has 4 rings (SSSR count). The molecule has 3 aromatic rings. The van der Waals surface area contributed by atoms with Crippen LogP contribution in [-0.2, 0) is 10.2 Å². The van der Waals surface area contributed by atoms with E-state index in [4.69, 9.17) is 4.52 Å². The van der Waals surface area contributed by atoms with Gasteiger partial charge in [-0.1, -0.05) is 38.1 Å². The quantitative estimate of drug-likeness (QED) is 0.726. The van der Waals surface area contributed by atoms with Gasteiger partial charge < -0.3 is 14.7 Å². The molecule has 1 N–H and O–H groups in total. The highest BCUT2D eigenvalue weighted by molar-refractivity contribution is 5.93. The highest BCUT2D eigenvalue weighted by Gasteiger charge is 2.34. The Morgan fingerprint density at radius 2 is 2.07 bits per heavy atom. The third-order valence-electron chi connectivity index (χ3n) is 5.19. The van der Waals surface area contributed by atoms with Gasteiger partial charge in [-0.2, -0.15) is 4.98 Å². The predicted octanol–water partition coefficient (Wildman–Crippen LogP) is 3.16. The number of anilines is 1. The molecule has 3 heterocycles. The number of hydrogen-bond donors (Lipinski definition) is 1. The minimum absolute atomic E-state index is 0.0618. The highest BCUT2D eigenvalue weighted by atomic mass is 16.5. The molecule has 1 aromatic carbocycles. The first kappa shape index (κ1) is 19.3. The molecule has 0 saturated carbocycles. The van der Waals surface area contributed by atoms with Crippen LogP contribution in [0.3, 0.4) is 0 Å². The van der Waals surface area contributed by atoms with Crippen LogP contribution in [0.2, 0.25) is 0 Å². The van der Waals surface area contributed by atoms with Crippen LogP contribution >= 0.6 is 0 Å². The lowest BCUT2D eigenvalue weighted by molar-refractivity contribution is -0.123. The second-order valence-corrected chi connectivity index (χ2v) is 8.50. The van der Waals surface area contributed by atoms with E-state index in [2.05, 4.69) is 30.3 Å². The number of carbonyl (C=O) groups excluding carboxylic acids is 1. The third kappa shape index (κ3) is 3.79. The number of hydrogen-bond acceptors (Lipinski definition) is 7. The van der Waals surface area contributed by atoms with Gasteiger partial charge in [0.15, 0.2) is 5.82 Å². The zero-order valence-electron chi connectivity index (χ0n) is 17.2. The summed E-state index contributed by atoms with van der Waals surface area (Å²) in [5.74, 6) is 1.78. The zero-order chi connectivity index (χ0) is 20.6. The molecule has 0 aliphatic carbocycles. The SMILES string of the molecule is C[C@@H](NC(=O)[C@@H]1CCCN1c1ncnc2ccccc12)c1nc(C(C)(C)C)no1. The third-order valence-corrected chi connectivity index (χ3v) is 5.19. The fraction of sp³-hybridized carbons (Fsp3) is 0.476. The molecule has 0 unspecified atom stereocenters. The van der Waals surface area contributed by atoms with Gasteiger partial charge in [0.05, 0.1) is 5.52 Å². The molecule has 1 amide bonds. The number of amides is 1. The molecule has 1 aliphatic heterocycles. The summed E-state index contributed by atoms with van der Waals surface area (Å²) in [5, 5.41) is 8.03. The van der Waals surface area contributed by atoms with Crippen LogP contribution in [0.15, 0.2) is 35.1 Å². The van der Waals surface area contributed by atoms with Crippen molar-refractivity contribution in [3.63, 3.8) is 0 Å². The molecule has 8 heteroatoms. The topological polar surface area (TPSA) is 97.0 Å². The molecule has 152 valence electrons. The lowest BCUT2D eigenvalue weighted by Crippen LogP contribution is -2.44.